The molecule has 0 spiro atoms. The average molecular weight is 590 g/mol. The Morgan fingerprint density at radius 2 is 1.81 bits per heavy atom. The minimum Gasteiger partial charge on any atom is -0.467 e. The van der Waals surface area contributed by atoms with Gasteiger partial charge in [-0.2, -0.15) is 0 Å². The Hall–Kier alpha value is -2.63. The largest absolute Gasteiger partial charge is 0.467 e. The van der Waals surface area contributed by atoms with E-state index in [1.165, 1.54) is 12.0 Å². The number of ether oxygens (including phenoxy) is 2. The molecule has 0 aromatic heterocycles. The Bertz CT molecular complexity index is 1200. The number of hydrogen-bond donors (Lipinski definition) is 3. The lowest BCUT2D eigenvalue weighted by Gasteiger charge is -2.60. The van der Waals surface area contributed by atoms with Crippen LogP contribution in [-0.4, -0.2) is 93.7 Å². The third kappa shape index (κ3) is 4.91. The summed E-state index contributed by atoms with van der Waals surface area (Å²) in [7, 11) is 1.19. The lowest BCUT2D eigenvalue weighted by atomic mass is 9.45. The zero-order chi connectivity index (χ0) is 30.6. The summed E-state index contributed by atoms with van der Waals surface area (Å²) in [5, 5.41) is 33.2. The number of aliphatic hydroxyl groups is 3. The van der Waals surface area contributed by atoms with E-state index in [0.29, 0.717) is 19.3 Å². The summed E-state index contributed by atoms with van der Waals surface area (Å²) in [5.41, 5.74) is -1.83. The number of likely N-dealkylation sites (tertiary alicyclic amines) is 1. The van der Waals surface area contributed by atoms with Crippen LogP contribution in [0.1, 0.15) is 78.1 Å². The summed E-state index contributed by atoms with van der Waals surface area (Å²) >= 11 is 0. The molecule has 1 saturated heterocycles. The smallest absolute Gasteiger partial charge is 0.328 e. The number of carbonyl (C=O) groups excluding carboxylic acids is 5. The van der Waals surface area contributed by atoms with Gasteiger partial charge in [0, 0.05) is 31.2 Å². The van der Waals surface area contributed by atoms with Gasteiger partial charge in [0.05, 0.1) is 25.7 Å². The van der Waals surface area contributed by atoms with Crippen molar-refractivity contribution in [2.75, 3.05) is 20.3 Å². The summed E-state index contributed by atoms with van der Waals surface area (Å²) in [5.74, 6) is -2.37. The summed E-state index contributed by atoms with van der Waals surface area (Å²) in [4.78, 5) is 63.8. The second kappa shape index (κ2) is 11.1. The van der Waals surface area contributed by atoms with Crippen LogP contribution in [-0.2, 0) is 33.4 Å². The van der Waals surface area contributed by atoms with Crippen LogP contribution in [0.5, 0.6) is 0 Å². The van der Waals surface area contributed by atoms with Crippen molar-refractivity contribution in [2.24, 2.45) is 28.6 Å². The van der Waals surface area contributed by atoms with Gasteiger partial charge in [-0.05, 0) is 67.8 Å². The molecule has 0 aromatic carbocycles. The van der Waals surface area contributed by atoms with Crippen LogP contribution in [0.25, 0.3) is 0 Å². The number of nitrogens with zero attached hydrogens (tertiary/aromatic N) is 1. The molecule has 1 aliphatic heterocycles. The first-order valence-electron chi connectivity index (χ1n) is 15.1. The normalized spacial score (nSPS) is 40.9. The molecule has 0 radical (unpaired) electrons. The number of carbonyl (C=O) groups is 5. The summed E-state index contributed by atoms with van der Waals surface area (Å²) in [6.07, 6.45) is 3.39. The first-order chi connectivity index (χ1) is 19.7. The van der Waals surface area contributed by atoms with Crippen LogP contribution in [0, 0.1) is 28.6 Å². The highest BCUT2D eigenvalue weighted by Crippen LogP contribution is 2.67. The summed E-state index contributed by atoms with van der Waals surface area (Å²) in [6.45, 7) is 3.33. The molecule has 42 heavy (non-hydrogen) atoms. The molecule has 5 rings (SSSR count). The van der Waals surface area contributed by atoms with Gasteiger partial charge in [0.25, 0.3) is 0 Å². The number of hydrogen-bond acceptors (Lipinski definition) is 10. The van der Waals surface area contributed by atoms with Crippen LogP contribution in [0.3, 0.4) is 0 Å². The molecule has 11 nitrogen and oxygen atoms in total. The van der Waals surface area contributed by atoms with Crippen LogP contribution in [0.15, 0.2) is 11.6 Å². The molecule has 1 heterocycles. The minimum absolute atomic E-state index is 0.00254. The number of rotatable bonds is 7. The van der Waals surface area contributed by atoms with Crippen molar-refractivity contribution >= 4 is 29.4 Å². The predicted octanol–water partition coefficient (Wildman–Crippen LogP) is 1.25. The van der Waals surface area contributed by atoms with Crippen molar-refractivity contribution in [3.8, 4) is 0 Å². The highest BCUT2D eigenvalue weighted by atomic mass is 16.5. The average Bonchev–Trinajstić information content (AvgIpc) is 3.47. The SMILES string of the molecule is COC(=O)[C@H]1C[C@H](O)CN1C(=O)CCC(=O)OCC(=O)[C@@]1(O)CC[C@H]2[C@@H]3CCC4=CC(=O)CC[C@]4(C)[C@H]3[C@H](O)C[C@@]21C. The van der Waals surface area contributed by atoms with Crippen LogP contribution in [0.4, 0.5) is 0 Å². The van der Waals surface area contributed by atoms with Gasteiger partial charge >= 0.3 is 11.9 Å². The number of esters is 2. The molecule has 3 saturated carbocycles. The third-order valence-corrected chi connectivity index (χ3v) is 11.5. The van der Waals surface area contributed by atoms with Crippen molar-refractivity contribution in [1.82, 2.24) is 4.90 Å². The fourth-order valence-corrected chi connectivity index (χ4v) is 9.29. The van der Waals surface area contributed by atoms with E-state index in [1.807, 2.05) is 6.92 Å². The van der Waals surface area contributed by atoms with E-state index in [-0.39, 0.29) is 67.6 Å². The van der Waals surface area contributed by atoms with Gasteiger partial charge < -0.3 is 29.7 Å². The molecule has 0 unspecified atom stereocenters. The maximum Gasteiger partial charge on any atom is 0.328 e. The number of methoxy groups -OCH3 is 1. The van der Waals surface area contributed by atoms with Crippen molar-refractivity contribution in [3.05, 3.63) is 11.6 Å². The number of ketones is 2. The first kappa shape index (κ1) is 30.8. The van der Waals surface area contributed by atoms with E-state index in [1.54, 1.807) is 6.08 Å². The van der Waals surface area contributed by atoms with E-state index in [4.69, 9.17) is 9.47 Å². The van der Waals surface area contributed by atoms with E-state index < -0.39 is 59.5 Å². The molecule has 4 fully saturated rings. The highest BCUT2D eigenvalue weighted by Gasteiger charge is 2.68. The molecule has 0 aromatic rings. The molecule has 0 bridgehead atoms. The lowest BCUT2D eigenvalue weighted by molar-refractivity contribution is -0.184. The molecule has 9 atom stereocenters. The topological polar surface area (TPSA) is 168 Å². The number of fused-ring (bicyclic) bond motifs is 5. The molecule has 11 heteroatoms. The Morgan fingerprint density at radius 3 is 2.52 bits per heavy atom. The number of amides is 1. The number of Topliss-reactive ketones (excluding diaryl/α,β-unsaturated/α-hetero) is 1. The Kier molecular flexibility index (Phi) is 8.17. The van der Waals surface area contributed by atoms with E-state index in [9.17, 15) is 39.3 Å². The van der Waals surface area contributed by atoms with Crippen LogP contribution >= 0.6 is 0 Å². The standard InChI is InChI=1S/C31H43NO10/c1-29-10-8-18(33)12-17(29)4-5-20-21-9-11-31(40,30(21,2)14-23(35)27(20)29)24(36)16-42-26(38)7-6-25(37)32-15-19(34)13-22(32)28(39)41-3/h12,19-23,27,34-35,40H,4-11,13-16H2,1-3H3/t19-,20-,21-,22+,23+,27+,29-,30-,31-/m0/s1. The molecule has 5 aliphatic rings. The first-order valence-corrected chi connectivity index (χ1v) is 15.1. The Morgan fingerprint density at radius 1 is 1.07 bits per heavy atom. The zero-order valence-corrected chi connectivity index (χ0v) is 24.7. The van der Waals surface area contributed by atoms with E-state index >= 15 is 0 Å². The van der Waals surface area contributed by atoms with Gasteiger partial charge in [-0.25, -0.2) is 4.79 Å². The maximum atomic E-state index is 13.5. The molecule has 3 N–H and O–H groups in total. The molecule has 4 aliphatic carbocycles. The van der Waals surface area contributed by atoms with Gasteiger partial charge in [-0.1, -0.05) is 19.4 Å². The van der Waals surface area contributed by atoms with E-state index in [2.05, 4.69) is 6.92 Å². The zero-order valence-electron chi connectivity index (χ0n) is 24.7. The number of allylic oxidation sites excluding steroid dienone is 1. The van der Waals surface area contributed by atoms with Gasteiger partial charge in [0.1, 0.15) is 11.6 Å². The van der Waals surface area contributed by atoms with Gasteiger partial charge in [-0.15, -0.1) is 0 Å². The van der Waals surface area contributed by atoms with Crippen LogP contribution in [0.2, 0.25) is 0 Å². The number of β-amino-alcohol motifs (C(OH)–C–C–N with tert-alkyl or cyclic N) is 1. The van der Waals surface area contributed by atoms with Crippen molar-refractivity contribution in [3.63, 3.8) is 0 Å². The Labute approximate surface area is 245 Å². The molecular weight excluding hydrogens is 546 g/mol. The maximum absolute atomic E-state index is 13.5. The second-order valence-corrected chi connectivity index (χ2v) is 13.5. The Balaban J connectivity index is 1.20. The molecular formula is C31H43NO10. The fraction of sp³-hybridized carbons (Fsp3) is 0.774. The monoisotopic (exact) mass is 589 g/mol. The van der Waals surface area contributed by atoms with Crippen LogP contribution < -0.4 is 0 Å². The summed E-state index contributed by atoms with van der Waals surface area (Å²) < 4.78 is 9.90. The highest BCUT2D eigenvalue weighted by molar-refractivity contribution is 5.92. The van der Waals surface area contributed by atoms with Gasteiger partial charge in [-0.3, -0.25) is 19.2 Å². The number of aliphatic hydroxyl groups excluding tert-OH is 2. The lowest BCUT2D eigenvalue weighted by Crippen LogP contribution is -2.62. The van der Waals surface area contributed by atoms with Crippen molar-refractivity contribution in [1.29, 1.82) is 0 Å². The second-order valence-electron chi connectivity index (χ2n) is 13.5. The van der Waals surface area contributed by atoms with Crippen molar-refractivity contribution < 1.29 is 48.8 Å². The van der Waals surface area contributed by atoms with Gasteiger partial charge in [0.2, 0.25) is 11.7 Å². The van der Waals surface area contributed by atoms with Crippen molar-refractivity contribution in [2.45, 2.75) is 102 Å². The third-order valence-electron chi connectivity index (χ3n) is 11.5. The fourth-order valence-electron chi connectivity index (χ4n) is 9.29. The van der Waals surface area contributed by atoms with E-state index in [0.717, 1.165) is 18.4 Å². The summed E-state index contributed by atoms with van der Waals surface area (Å²) in [6, 6.07) is -0.916. The quantitative estimate of drug-likeness (QED) is 0.368. The minimum atomic E-state index is -1.77. The van der Waals surface area contributed by atoms with Gasteiger partial charge in [0.15, 0.2) is 12.4 Å². The molecule has 232 valence electrons. The molecule has 1 amide bonds. The predicted molar refractivity (Wildman–Crippen MR) is 146 cm³/mol.